The van der Waals surface area contributed by atoms with Crippen LogP contribution in [0, 0.1) is 18.8 Å². The van der Waals surface area contributed by atoms with Gasteiger partial charge in [0.2, 0.25) is 5.91 Å². The Bertz CT molecular complexity index is 634. The second-order valence-corrected chi connectivity index (χ2v) is 8.49. The number of hydrogen-bond donors (Lipinski definition) is 1. The van der Waals surface area contributed by atoms with Crippen molar-refractivity contribution < 1.29 is 9.59 Å². The largest absolute Gasteiger partial charge is 0.340 e. The summed E-state index contributed by atoms with van der Waals surface area (Å²) in [5.74, 6) is 0.855. The van der Waals surface area contributed by atoms with Gasteiger partial charge in [-0.25, -0.2) is 0 Å². The number of amides is 2. The van der Waals surface area contributed by atoms with Crippen LogP contribution in [0.3, 0.4) is 0 Å². The fraction of sp³-hybridized carbons (Fsp3) is 0.636. The van der Waals surface area contributed by atoms with Crippen LogP contribution in [0.5, 0.6) is 0 Å². The van der Waals surface area contributed by atoms with Crippen molar-refractivity contribution in [1.82, 2.24) is 15.1 Å². The van der Waals surface area contributed by atoms with E-state index < -0.39 is 6.04 Å². The number of benzene rings is 1. The van der Waals surface area contributed by atoms with E-state index in [1.165, 1.54) is 0 Å². The molecule has 1 aliphatic heterocycles. The van der Waals surface area contributed by atoms with Crippen molar-refractivity contribution in [3.8, 4) is 0 Å². The average molecular weight is 374 g/mol. The Labute approximate surface area is 164 Å². The lowest BCUT2D eigenvalue weighted by Crippen LogP contribution is -2.55. The fourth-order valence-corrected chi connectivity index (χ4v) is 3.64. The minimum Gasteiger partial charge on any atom is -0.340 e. The topological polar surface area (TPSA) is 52.7 Å². The SMILES string of the molecule is Cc1ccccc1C(=O)NC(CC(C)C)C(=O)N1CCN(CC(C)C)CC1. The summed E-state index contributed by atoms with van der Waals surface area (Å²) >= 11 is 0. The molecule has 0 bridgehead atoms. The number of rotatable bonds is 7. The highest BCUT2D eigenvalue weighted by Gasteiger charge is 2.29. The first-order valence-electron chi connectivity index (χ1n) is 10.2. The van der Waals surface area contributed by atoms with Crippen molar-refractivity contribution in [2.75, 3.05) is 32.7 Å². The van der Waals surface area contributed by atoms with Crippen LogP contribution >= 0.6 is 0 Å². The second kappa shape index (κ2) is 9.88. The number of aryl methyl sites for hydroxylation is 1. The van der Waals surface area contributed by atoms with Crippen LogP contribution in [0.2, 0.25) is 0 Å². The Morgan fingerprint density at radius 2 is 1.63 bits per heavy atom. The molecule has 1 unspecified atom stereocenters. The molecule has 0 spiro atoms. The van der Waals surface area contributed by atoms with Gasteiger partial charge in [-0.1, -0.05) is 45.9 Å². The van der Waals surface area contributed by atoms with Gasteiger partial charge in [0.15, 0.2) is 0 Å². The van der Waals surface area contributed by atoms with Gasteiger partial charge in [-0.2, -0.15) is 0 Å². The number of nitrogens with zero attached hydrogens (tertiary/aromatic N) is 2. The number of carbonyl (C=O) groups is 2. The summed E-state index contributed by atoms with van der Waals surface area (Å²) in [7, 11) is 0. The van der Waals surface area contributed by atoms with E-state index in [9.17, 15) is 9.59 Å². The van der Waals surface area contributed by atoms with Gasteiger partial charge >= 0.3 is 0 Å². The molecule has 0 radical (unpaired) electrons. The van der Waals surface area contributed by atoms with Crippen LogP contribution in [-0.4, -0.2) is 60.4 Å². The zero-order valence-electron chi connectivity index (χ0n) is 17.5. The molecule has 150 valence electrons. The Morgan fingerprint density at radius 3 is 2.19 bits per heavy atom. The minimum atomic E-state index is -0.464. The molecule has 0 saturated carbocycles. The highest BCUT2D eigenvalue weighted by Crippen LogP contribution is 2.13. The second-order valence-electron chi connectivity index (χ2n) is 8.49. The third-order valence-corrected chi connectivity index (χ3v) is 5.01. The molecule has 2 amide bonds. The van der Waals surface area contributed by atoms with Crippen molar-refractivity contribution >= 4 is 11.8 Å². The highest BCUT2D eigenvalue weighted by molar-refractivity contribution is 5.98. The summed E-state index contributed by atoms with van der Waals surface area (Å²) in [4.78, 5) is 30.2. The third-order valence-electron chi connectivity index (χ3n) is 5.01. The third kappa shape index (κ3) is 6.35. The maximum Gasteiger partial charge on any atom is 0.252 e. The lowest BCUT2D eigenvalue weighted by atomic mass is 10.0. The van der Waals surface area contributed by atoms with Crippen LogP contribution in [-0.2, 0) is 4.79 Å². The zero-order valence-corrected chi connectivity index (χ0v) is 17.5. The van der Waals surface area contributed by atoms with Crippen molar-refractivity contribution in [3.05, 3.63) is 35.4 Å². The van der Waals surface area contributed by atoms with E-state index >= 15 is 0 Å². The summed E-state index contributed by atoms with van der Waals surface area (Å²) in [6.45, 7) is 14.9. The van der Waals surface area contributed by atoms with Gasteiger partial charge in [0, 0.05) is 38.3 Å². The fourth-order valence-electron chi connectivity index (χ4n) is 3.64. The molecule has 5 nitrogen and oxygen atoms in total. The molecule has 5 heteroatoms. The Morgan fingerprint density at radius 1 is 1.00 bits per heavy atom. The lowest BCUT2D eigenvalue weighted by molar-refractivity contribution is -0.135. The maximum absolute atomic E-state index is 13.1. The Hall–Kier alpha value is -1.88. The maximum atomic E-state index is 13.1. The molecular weight excluding hydrogens is 338 g/mol. The van der Waals surface area contributed by atoms with Crippen molar-refractivity contribution in [2.45, 2.75) is 47.1 Å². The number of carbonyl (C=O) groups excluding carboxylic acids is 2. The van der Waals surface area contributed by atoms with E-state index in [4.69, 9.17) is 0 Å². The summed E-state index contributed by atoms with van der Waals surface area (Å²) < 4.78 is 0. The highest BCUT2D eigenvalue weighted by atomic mass is 16.2. The molecule has 1 aromatic rings. The quantitative estimate of drug-likeness (QED) is 0.799. The first-order chi connectivity index (χ1) is 12.8. The van der Waals surface area contributed by atoms with E-state index in [0.29, 0.717) is 23.8 Å². The smallest absolute Gasteiger partial charge is 0.252 e. The van der Waals surface area contributed by atoms with Gasteiger partial charge in [-0.15, -0.1) is 0 Å². The molecule has 27 heavy (non-hydrogen) atoms. The Balaban J connectivity index is 2.02. The van der Waals surface area contributed by atoms with Gasteiger partial charge < -0.3 is 10.2 Å². The predicted octanol–water partition coefficient (Wildman–Crippen LogP) is 2.94. The van der Waals surface area contributed by atoms with Crippen LogP contribution < -0.4 is 5.32 Å². The summed E-state index contributed by atoms with van der Waals surface area (Å²) in [5.41, 5.74) is 1.56. The van der Waals surface area contributed by atoms with Crippen molar-refractivity contribution in [1.29, 1.82) is 0 Å². The molecule has 0 aliphatic carbocycles. The van der Waals surface area contributed by atoms with Crippen LogP contribution in [0.1, 0.15) is 50.0 Å². The lowest BCUT2D eigenvalue weighted by Gasteiger charge is -2.37. The Kier molecular flexibility index (Phi) is 7.84. The first-order valence-corrected chi connectivity index (χ1v) is 10.2. The van der Waals surface area contributed by atoms with E-state index in [-0.39, 0.29) is 11.8 Å². The summed E-state index contributed by atoms with van der Waals surface area (Å²) in [5, 5.41) is 3.00. The van der Waals surface area contributed by atoms with Gasteiger partial charge in [0.25, 0.3) is 5.91 Å². The van der Waals surface area contributed by atoms with Gasteiger partial charge in [-0.05, 0) is 36.8 Å². The van der Waals surface area contributed by atoms with Gasteiger partial charge in [0.1, 0.15) is 6.04 Å². The molecular formula is C22H35N3O2. The molecule has 1 atom stereocenters. The normalized spacial score (nSPS) is 16.6. The predicted molar refractivity (Wildman–Crippen MR) is 110 cm³/mol. The van der Waals surface area contributed by atoms with E-state index in [0.717, 1.165) is 38.3 Å². The van der Waals surface area contributed by atoms with Crippen molar-refractivity contribution in [2.24, 2.45) is 11.8 Å². The van der Waals surface area contributed by atoms with Crippen molar-refractivity contribution in [3.63, 3.8) is 0 Å². The number of hydrogen-bond acceptors (Lipinski definition) is 3. The van der Waals surface area contributed by atoms with Crippen LogP contribution in [0.25, 0.3) is 0 Å². The summed E-state index contributed by atoms with van der Waals surface area (Å²) in [6.07, 6.45) is 0.655. The number of piperazine rings is 1. The zero-order chi connectivity index (χ0) is 20.0. The molecule has 2 rings (SSSR count). The molecule has 0 aromatic heterocycles. The van der Waals surface area contributed by atoms with Gasteiger partial charge in [-0.3, -0.25) is 14.5 Å². The summed E-state index contributed by atoms with van der Waals surface area (Å²) in [6, 6.07) is 7.04. The first kappa shape index (κ1) is 21.4. The average Bonchev–Trinajstić information content (AvgIpc) is 2.60. The van der Waals surface area contributed by atoms with Crippen LogP contribution in [0.4, 0.5) is 0 Å². The van der Waals surface area contributed by atoms with E-state index in [2.05, 4.69) is 37.9 Å². The van der Waals surface area contributed by atoms with E-state index in [1.807, 2.05) is 36.1 Å². The minimum absolute atomic E-state index is 0.0508. The molecule has 1 aliphatic rings. The standard InChI is InChI=1S/C22H35N3O2/c1-16(2)14-20(23-21(26)19-9-7-6-8-18(19)5)22(27)25-12-10-24(11-13-25)15-17(3)4/h6-9,16-17,20H,10-15H2,1-5H3,(H,23,26). The number of nitrogens with one attached hydrogen (secondary N) is 1. The molecule has 1 N–H and O–H groups in total. The van der Waals surface area contributed by atoms with Crippen LogP contribution in [0.15, 0.2) is 24.3 Å². The monoisotopic (exact) mass is 373 g/mol. The molecule has 1 aromatic carbocycles. The molecule has 1 saturated heterocycles. The van der Waals surface area contributed by atoms with E-state index in [1.54, 1.807) is 0 Å². The van der Waals surface area contributed by atoms with Gasteiger partial charge in [0.05, 0.1) is 0 Å². The molecule has 1 fully saturated rings. The molecule has 1 heterocycles.